The van der Waals surface area contributed by atoms with Crippen LogP contribution in [0.15, 0.2) is 30.7 Å². The van der Waals surface area contributed by atoms with Crippen molar-refractivity contribution in [3.8, 4) is 11.1 Å². The molecular formula is C30H37FN6O4. The van der Waals surface area contributed by atoms with Gasteiger partial charge in [-0.05, 0) is 59.6 Å². The van der Waals surface area contributed by atoms with Crippen LogP contribution >= 0.6 is 0 Å². The van der Waals surface area contributed by atoms with Gasteiger partial charge >= 0.3 is 5.97 Å². The summed E-state index contributed by atoms with van der Waals surface area (Å²) in [6.45, 7) is 9.88. The van der Waals surface area contributed by atoms with Gasteiger partial charge in [-0.15, -0.1) is 0 Å². The lowest BCUT2D eigenvalue weighted by Gasteiger charge is -2.33. The maximum atomic E-state index is 15.2. The van der Waals surface area contributed by atoms with Crippen LogP contribution in [0, 0.1) is 5.82 Å². The molecule has 1 atom stereocenters. The number of benzene rings is 1. The van der Waals surface area contributed by atoms with Crippen LogP contribution in [0.1, 0.15) is 53.3 Å². The Balaban J connectivity index is 1.64. The third kappa shape index (κ3) is 5.19. The number of esters is 1. The number of aromatic amines is 1. The Labute approximate surface area is 238 Å². The second-order valence-corrected chi connectivity index (χ2v) is 11.6. The smallest absolute Gasteiger partial charge is 0.319 e. The standard InChI is InChI=1S/C30H37FN6O4/c1-8-37(28(39)41-29(3,4)5)21-13-18(31)12-19-22-24(36(6)7)20(16-32-25(22)35-23(19)21)17-14-33-26(34-15-17)30(10-11-30)27(38)40-9-2/h12-16,28,39H,8-11H2,1-7H3,(H,32,35). The molecule has 10 nitrogen and oxygen atoms in total. The number of carbonyl (C=O) groups excluding carboxylic acids is 1. The fourth-order valence-electron chi connectivity index (χ4n) is 5.25. The average Bonchev–Trinajstić information content (AvgIpc) is 3.64. The lowest BCUT2D eigenvalue weighted by Crippen LogP contribution is -2.42. The van der Waals surface area contributed by atoms with Crippen molar-refractivity contribution in [3.63, 3.8) is 0 Å². The first-order chi connectivity index (χ1) is 19.4. The van der Waals surface area contributed by atoms with Crippen molar-refractivity contribution in [2.75, 3.05) is 37.0 Å². The third-order valence-corrected chi connectivity index (χ3v) is 7.28. The minimum Gasteiger partial charge on any atom is -0.465 e. The lowest BCUT2D eigenvalue weighted by atomic mass is 10.0. The Hall–Kier alpha value is -3.83. The van der Waals surface area contributed by atoms with Crippen molar-refractivity contribution >= 4 is 39.3 Å². The molecule has 1 aromatic carbocycles. The third-order valence-electron chi connectivity index (χ3n) is 7.28. The van der Waals surface area contributed by atoms with Crippen LogP contribution in [0.4, 0.5) is 15.8 Å². The summed E-state index contributed by atoms with van der Waals surface area (Å²) >= 11 is 0. The van der Waals surface area contributed by atoms with Crippen molar-refractivity contribution in [2.24, 2.45) is 0 Å². The Bertz CT molecular complexity index is 1590. The fourth-order valence-corrected chi connectivity index (χ4v) is 5.25. The van der Waals surface area contributed by atoms with Crippen LogP contribution in [-0.2, 0) is 19.7 Å². The van der Waals surface area contributed by atoms with Gasteiger partial charge in [0.25, 0.3) is 0 Å². The van der Waals surface area contributed by atoms with E-state index in [-0.39, 0.29) is 5.97 Å². The van der Waals surface area contributed by atoms with E-state index in [1.54, 1.807) is 30.4 Å². The molecule has 1 fully saturated rings. The summed E-state index contributed by atoms with van der Waals surface area (Å²) in [7, 11) is 3.82. The monoisotopic (exact) mass is 564 g/mol. The Kier molecular flexibility index (Phi) is 7.37. The number of anilines is 2. The molecule has 0 aliphatic heterocycles. The molecule has 3 aromatic heterocycles. The normalized spacial score (nSPS) is 15.2. The van der Waals surface area contributed by atoms with Crippen LogP contribution in [0.5, 0.6) is 0 Å². The molecule has 1 aliphatic rings. The number of pyridine rings is 1. The summed E-state index contributed by atoms with van der Waals surface area (Å²) in [6.07, 6.45) is 5.15. The molecular weight excluding hydrogens is 527 g/mol. The summed E-state index contributed by atoms with van der Waals surface area (Å²) in [4.78, 5) is 33.2. The maximum absolute atomic E-state index is 15.2. The molecule has 11 heteroatoms. The number of fused-ring (bicyclic) bond motifs is 3. The van der Waals surface area contributed by atoms with Gasteiger partial charge in [0.1, 0.15) is 22.7 Å². The second kappa shape index (κ2) is 10.5. The van der Waals surface area contributed by atoms with Gasteiger partial charge in [0.2, 0.25) is 6.41 Å². The molecule has 4 aromatic rings. The molecule has 218 valence electrons. The van der Waals surface area contributed by atoms with Gasteiger partial charge in [0.05, 0.1) is 34.5 Å². The molecule has 0 saturated heterocycles. The van der Waals surface area contributed by atoms with Crippen LogP contribution in [0.25, 0.3) is 33.1 Å². The number of aromatic nitrogens is 4. The van der Waals surface area contributed by atoms with E-state index in [0.29, 0.717) is 59.6 Å². The van der Waals surface area contributed by atoms with Crippen LogP contribution < -0.4 is 9.80 Å². The zero-order valence-electron chi connectivity index (χ0n) is 24.6. The van der Waals surface area contributed by atoms with Gasteiger partial charge in [-0.1, -0.05) is 0 Å². The number of aliphatic hydroxyl groups excluding tert-OH is 1. The quantitative estimate of drug-likeness (QED) is 0.216. The van der Waals surface area contributed by atoms with E-state index >= 15 is 4.39 Å². The van der Waals surface area contributed by atoms with Crippen LogP contribution in [-0.4, -0.2) is 70.3 Å². The summed E-state index contributed by atoms with van der Waals surface area (Å²) in [5.41, 5.74) is 2.55. The van der Waals surface area contributed by atoms with E-state index < -0.39 is 23.2 Å². The summed E-state index contributed by atoms with van der Waals surface area (Å²) in [6, 6.07) is 2.85. The van der Waals surface area contributed by atoms with Gasteiger partial charge in [-0.3, -0.25) is 4.79 Å². The number of ether oxygens (including phenoxy) is 2. The zero-order chi connectivity index (χ0) is 29.7. The molecule has 0 bridgehead atoms. The highest BCUT2D eigenvalue weighted by molar-refractivity contribution is 6.17. The maximum Gasteiger partial charge on any atom is 0.319 e. The lowest BCUT2D eigenvalue weighted by molar-refractivity contribution is -0.164. The first kappa shape index (κ1) is 28.7. The molecule has 3 heterocycles. The fraction of sp³-hybridized carbons (Fsp3) is 0.467. The SMILES string of the molecule is CCOC(=O)C1(c2ncc(-c3cnc4[nH]c5c(N(CC)C(O)OC(C)(C)C)cc(F)cc5c4c3N(C)C)cn2)CC1. The number of aliphatic hydroxyl groups is 1. The van der Waals surface area contributed by atoms with Crippen molar-refractivity contribution in [3.05, 3.63) is 42.4 Å². The molecule has 0 radical (unpaired) electrons. The van der Waals surface area contributed by atoms with E-state index in [2.05, 4.69) is 19.9 Å². The molecule has 5 rings (SSSR count). The Morgan fingerprint density at radius 3 is 2.39 bits per heavy atom. The zero-order valence-corrected chi connectivity index (χ0v) is 24.6. The summed E-state index contributed by atoms with van der Waals surface area (Å²) < 4.78 is 26.2. The van der Waals surface area contributed by atoms with Crippen molar-refractivity contribution in [1.29, 1.82) is 0 Å². The van der Waals surface area contributed by atoms with Gasteiger partial charge in [-0.2, -0.15) is 0 Å². The molecule has 0 amide bonds. The van der Waals surface area contributed by atoms with Crippen LogP contribution in [0.2, 0.25) is 0 Å². The Morgan fingerprint density at radius 1 is 1.15 bits per heavy atom. The topological polar surface area (TPSA) is 117 Å². The summed E-state index contributed by atoms with van der Waals surface area (Å²) in [5.74, 6) is -0.290. The van der Waals surface area contributed by atoms with E-state index in [9.17, 15) is 9.90 Å². The highest BCUT2D eigenvalue weighted by atomic mass is 19.1. The number of hydrogen-bond acceptors (Lipinski definition) is 9. The van der Waals surface area contributed by atoms with Crippen molar-refractivity contribution in [1.82, 2.24) is 19.9 Å². The van der Waals surface area contributed by atoms with Gasteiger partial charge in [0.15, 0.2) is 0 Å². The number of rotatable bonds is 9. The van der Waals surface area contributed by atoms with Gasteiger partial charge < -0.3 is 29.4 Å². The number of halogens is 1. The molecule has 1 saturated carbocycles. The average molecular weight is 565 g/mol. The highest BCUT2D eigenvalue weighted by Crippen LogP contribution is 2.48. The molecule has 2 N–H and O–H groups in total. The largest absolute Gasteiger partial charge is 0.465 e. The van der Waals surface area contributed by atoms with E-state index in [0.717, 1.165) is 16.6 Å². The van der Waals surface area contributed by atoms with E-state index in [1.165, 1.54) is 12.1 Å². The predicted octanol–water partition coefficient (Wildman–Crippen LogP) is 4.89. The van der Waals surface area contributed by atoms with E-state index in [4.69, 9.17) is 9.47 Å². The Morgan fingerprint density at radius 2 is 1.83 bits per heavy atom. The number of nitrogens with one attached hydrogen (secondary N) is 1. The number of nitrogens with zero attached hydrogens (tertiary/aromatic N) is 5. The minimum atomic E-state index is -1.28. The number of H-pyrrole nitrogens is 1. The van der Waals surface area contributed by atoms with Crippen molar-refractivity contribution < 1.29 is 23.8 Å². The predicted molar refractivity (Wildman–Crippen MR) is 156 cm³/mol. The van der Waals surface area contributed by atoms with E-state index in [1.807, 2.05) is 46.7 Å². The number of hydrogen-bond donors (Lipinski definition) is 2. The van der Waals surface area contributed by atoms with Crippen LogP contribution in [0.3, 0.4) is 0 Å². The highest BCUT2D eigenvalue weighted by Gasteiger charge is 2.55. The first-order valence-corrected chi connectivity index (χ1v) is 13.8. The molecule has 0 spiro atoms. The number of carbonyl (C=O) groups is 1. The molecule has 1 aliphatic carbocycles. The second-order valence-electron chi connectivity index (χ2n) is 11.6. The first-order valence-electron chi connectivity index (χ1n) is 13.8. The minimum absolute atomic E-state index is 0.291. The molecule has 41 heavy (non-hydrogen) atoms. The van der Waals surface area contributed by atoms with Crippen molar-refractivity contribution in [2.45, 2.75) is 64.9 Å². The molecule has 1 unspecified atom stereocenters. The summed E-state index contributed by atoms with van der Waals surface area (Å²) in [5, 5.41) is 12.2. The van der Waals surface area contributed by atoms with Gasteiger partial charge in [-0.25, -0.2) is 19.3 Å². The van der Waals surface area contributed by atoms with Gasteiger partial charge in [0, 0.05) is 55.7 Å².